The van der Waals surface area contributed by atoms with Crippen molar-refractivity contribution in [2.45, 2.75) is 18.9 Å². The van der Waals surface area contributed by atoms with E-state index in [1.54, 1.807) is 11.3 Å². The molecule has 4 heterocycles. The Kier molecular flexibility index (Phi) is 3.63. The Bertz CT molecular complexity index is 953. The number of likely N-dealkylation sites (tertiary alicyclic amines) is 1. The van der Waals surface area contributed by atoms with Gasteiger partial charge in [-0.15, -0.1) is 11.3 Å². The number of fused-ring (bicyclic) bond motifs is 1. The first-order valence-corrected chi connectivity index (χ1v) is 9.18. The molecule has 1 aromatic carbocycles. The second kappa shape index (κ2) is 6.14. The van der Waals surface area contributed by atoms with Crippen LogP contribution in [0.5, 0.6) is 11.5 Å². The molecule has 2 aliphatic rings. The molecule has 3 aromatic rings. The minimum Gasteiger partial charge on any atom is -0.454 e. The monoisotopic (exact) mass is 369 g/mol. The fourth-order valence-corrected chi connectivity index (χ4v) is 3.96. The summed E-state index contributed by atoms with van der Waals surface area (Å²) < 4.78 is 16.1. The van der Waals surface area contributed by atoms with Gasteiger partial charge in [0.2, 0.25) is 12.7 Å². The summed E-state index contributed by atoms with van der Waals surface area (Å²) in [5, 5.41) is 6.12. The Labute approximate surface area is 153 Å². The molecule has 1 amide bonds. The maximum Gasteiger partial charge on any atom is 0.258 e. The molecule has 0 aliphatic carbocycles. The van der Waals surface area contributed by atoms with Crippen LogP contribution in [-0.4, -0.2) is 34.3 Å². The standard InChI is InChI=1S/C18H15N3O4S/c22-16-7-12(8-21(16)9-13-2-1-5-26-13)17-19-18(25-20-17)11-3-4-14-15(6-11)24-10-23-14/h1-6,12H,7-10H2. The molecule has 26 heavy (non-hydrogen) atoms. The normalized spacial score (nSPS) is 18.7. The summed E-state index contributed by atoms with van der Waals surface area (Å²) >= 11 is 1.65. The number of nitrogens with zero attached hydrogens (tertiary/aromatic N) is 3. The van der Waals surface area contributed by atoms with Gasteiger partial charge in [0.05, 0.1) is 6.54 Å². The van der Waals surface area contributed by atoms with Gasteiger partial charge >= 0.3 is 0 Å². The second-order valence-electron chi connectivity index (χ2n) is 6.28. The third kappa shape index (κ3) is 2.72. The molecule has 5 rings (SSSR count). The largest absolute Gasteiger partial charge is 0.454 e. The number of aromatic nitrogens is 2. The van der Waals surface area contributed by atoms with Gasteiger partial charge in [-0.2, -0.15) is 4.98 Å². The summed E-state index contributed by atoms with van der Waals surface area (Å²) in [6.07, 6.45) is 0.408. The number of ether oxygens (including phenoxy) is 2. The van der Waals surface area contributed by atoms with Gasteiger partial charge in [-0.1, -0.05) is 11.2 Å². The van der Waals surface area contributed by atoms with E-state index in [0.29, 0.717) is 42.7 Å². The molecule has 8 heteroatoms. The molecule has 132 valence electrons. The van der Waals surface area contributed by atoms with E-state index in [9.17, 15) is 4.79 Å². The van der Waals surface area contributed by atoms with Crippen LogP contribution in [0.25, 0.3) is 11.5 Å². The summed E-state index contributed by atoms with van der Waals surface area (Å²) in [4.78, 5) is 19.8. The van der Waals surface area contributed by atoms with Crippen LogP contribution in [0.3, 0.4) is 0 Å². The van der Waals surface area contributed by atoms with E-state index in [0.717, 1.165) is 5.56 Å². The average molecular weight is 369 g/mol. The van der Waals surface area contributed by atoms with Crippen LogP contribution in [0, 0.1) is 0 Å². The van der Waals surface area contributed by atoms with Crippen LogP contribution in [-0.2, 0) is 11.3 Å². The second-order valence-corrected chi connectivity index (χ2v) is 7.31. The van der Waals surface area contributed by atoms with Gasteiger partial charge in [0.1, 0.15) is 0 Å². The zero-order chi connectivity index (χ0) is 17.5. The Morgan fingerprint density at radius 1 is 1.23 bits per heavy atom. The van der Waals surface area contributed by atoms with Crippen molar-refractivity contribution < 1.29 is 18.8 Å². The van der Waals surface area contributed by atoms with Gasteiger partial charge in [-0.25, -0.2) is 0 Å². The summed E-state index contributed by atoms with van der Waals surface area (Å²) in [5.74, 6) is 2.44. The first-order valence-electron chi connectivity index (χ1n) is 8.30. The van der Waals surface area contributed by atoms with E-state index in [-0.39, 0.29) is 18.6 Å². The highest BCUT2D eigenvalue weighted by Gasteiger charge is 2.34. The Balaban J connectivity index is 1.33. The van der Waals surface area contributed by atoms with Gasteiger partial charge in [-0.3, -0.25) is 4.79 Å². The zero-order valence-electron chi connectivity index (χ0n) is 13.8. The number of amides is 1. The Morgan fingerprint density at radius 3 is 3.04 bits per heavy atom. The van der Waals surface area contributed by atoms with E-state index in [1.165, 1.54) is 4.88 Å². The Morgan fingerprint density at radius 2 is 2.15 bits per heavy atom. The molecule has 0 spiro atoms. The Hall–Kier alpha value is -2.87. The fraction of sp³-hybridized carbons (Fsp3) is 0.278. The van der Waals surface area contributed by atoms with Crippen molar-refractivity contribution in [3.8, 4) is 23.0 Å². The molecule has 1 atom stereocenters. The molecular weight excluding hydrogens is 354 g/mol. The van der Waals surface area contributed by atoms with Gasteiger partial charge < -0.3 is 18.9 Å². The lowest BCUT2D eigenvalue weighted by Crippen LogP contribution is -2.23. The van der Waals surface area contributed by atoms with Crippen molar-refractivity contribution in [3.05, 3.63) is 46.4 Å². The molecule has 0 radical (unpaired) electrons. The maximum absolute atomic E-state index is 12.3. The lowest BCUT2D eigenvalue weighted by atomic mass is 10.1. The number of benzene rings is 1. The topological polar surface area (TPSA) is 77.7 Å². The third-order valence-corrected chi connectivity index (χ3v) is 5.43. The van der Waals surface area contributed by atoms with E-state index < -0.39 is 0 Å². The summed E-state index contributed by atoms with van der Waals surface area (Å²) in [7, 11) is 0. The van der Waals surface area contributed by atoms with Crippen molar-refractivity contribution in [2.24, 2.45) is 0 Å². The van der Waals surface area contributed by atoms with Crippen molar-refractivity contribution >= 4 is 17.2 Å². The van der Waals surface area contributed by atoms with Crippen molar-refractivity contribution in [2.75, 3.05) is 13.3 Å². The number of carbonyl (C=O) groups is 1. The van der Waals surface area contributed by atoms with Crippen molar-refractivity contribution in [3.63, 3.8) is 0 Å². The minimum absolute atomic E-state index is 0.0472. The summed E-state index contributed by atoms with van der Waals surface area (Å²) in [6, 6.07) is 9.53. The van der Waals surface area contributed by atoms with E-state index >= 15 is 0 Å². The van der Waals surface area contributed by atoms with Gasteiger partial charge in [0.25, 0.3) is 5.89 Å². The van der Waals surface area contributed by atoms with E-state index in [4.69, 9.17) is 14.0 Å². The lowest BCUT2D eigenvalue weighted by molar-refractivity contribution is -0.128. The molecule has 7 nitrogen and oxygen atoms in total. The maximum atomic E-state index is 12.3. The number of thiophene rings is 1. The van der Waals surface area contributed by atoms with Crippen LogP contribution in [0.2, 0.25) is 0 Å². The predicted octanol–water partition coefficient (Wildman–Crippen LogP) is 3.04. The van der Waals surface area contributed by atoms with Crippen molar-refractivity contribution in [1.29, 1.82) is 0 Å². The summed E-state index contributed by atoms with van der Waals surface area (Å²) in [6.45, 7) is 1.47. The van der Waals surface area contributed by atoms with Crippen LogP contribution >= 0.6 is 11.3 Å². The van der Waals surface area contributed by atoms with E-state index in [2.05, 4.69) is 10.1 Å². The number of carbonyl (C=O) groups excluding carboxylic acids is 1. The zero-order valence-corrected chi connectivity index (χ0v) is 14.6. The SMILES string of the molecule is O=C1CC(c2noc(-c3ccc4c(c3)OCO4)n2)CN1Cc1cccs1. The van der Waals surface area contributed by atoms with E-state index in [1.807, 2.05) is 40.6 Å². The molecule has 0 bridgehead atoms. The number of hydrogen-bond donors (Lipinski definition) is 0. The molecule has 0 N–H and O–H groups in total. The van der Waals surface area contributed by atoms with Gasteiger partial charge in [0.15, 0.2) is 17.3 Å². The van der Waals surface area contributed by atoms with Gasteiger partial charge in [0, 0.05) is 29.3 Å². The molecule has 1 saturated heterocycles. The number of rotatable bonds is 4. The van der Waals surface area contributed by atoms with Crippen molar-refractivity contribution in [1.82, 2.24) is 15.0 Å². The molecular formula is C18H15N3O4S. The molecule has 1 fully saturated rings. The first-order chi connectivity index (χ1) is 12.8. The minimum atomic E-state index is -0.0472. The van der Waals surface area contributed by atoms with Gasteiger partial charge in [-0.05, 0) is 29.6 Å². The molecule has 1 unspecified atom stereocenters. The fourth-order valence-electron chi connectivity index (χ4n) is 3.24. The quantitative estimate of drug-likeness (QED) is 0.703. The molecule has 2 aliphatic heterocycles. The smallest absolute Gasteiger partial charge is 0.258 e. The highest BCUT2D eigenvalue weighted by atomic mass is 32.1. The highest BCUT2D eigenvalue weighted by molar-refractivity contribution is 7.09. The van der Waals surface area contributed by atoms with Crippen LogP contribution in [0.1, 0.15) is 23.0 Å². The summed E-state index contributed by atoms with van der Waals surface area (Å²) in [5.41, 5.74) is 0.771. The van der Waals surface area contributed by atoms with Crippen LogP contribution in [0.4, 0.5) is 0 Å². The third-order valence-electron chi connectivity index (χ3n) is 4.57. The first kappa shape index (κ1) is 15.4. The average Bonchev–Trinajstić information content (AvgIpc) is 3.43. The lowest BCUT2D eigenvalue weighted by Gasteiger charge is -2.14. The molecule has 2 aromatic heterocycles. The van der Waals surface area contributed by atoms with Crippen LogP contribution in [0.15, 0.2) is 40.2 Å². The highest BCUT2D eigenvalue weighted by Crippen LogP contribution is 2.36. The number of hydrogen-bond acceptors (Lipinski definition) is 7. The van der Waals surface area contributed by atoms with Crippen LogP contribution < -0.4 is 9.47 Å². The molecule has 0 saturated carbocycles. The predicted molar refractivity (Wildman–Crippen MR) is 93.0 cm³/mol.